The number of piperidine rings is 1. The minimum absolute atomic E-state index is 0.0247. The highest BCUT2D eigenvalue weighted by Crippen LogP contribution is 2.38. The molecule has 2 bridgehead atoms. The van der Waals surface area contributed by atoms with Gasteiger partial charge in [0.1, 0.15) is 42.3 Å². The normalized spacial score (nSPS) is 40.6. The third-order valence-corrected chi connectivity index (χ3v) is 15.9. The van der Waals surface area contributed by atoms with E-state index in [-0.39, 0.29) is 87.7 Å². The predicted octanol–water partition coefficient (Wildman–Crippen LogP) is 5.33. The Kier molecular flexibility index (Phi) is 23.6. The lowest BCUT2D eigenvalue weighted by molar-refractivity contribution is -0.266. The van der Waals surface area contributed by atoms with E-state index in [1.807, 2.05) is 51.2 Å². The molecule has 1 amide bonds. The van der Waals surface area contributed by atoms with E-state index in [4.69, 9.17) is 33.2 Å². The van der Waals surface area contributed by atoms with Crippen molar-refractivity contribution in [1.29, 1.82) is 0 Å². The van der Waals surface area contributed by atoms with E-state index in [0.717, 1.165) is 5.57 Å². The summed E-state index contributed by atoms with van der Waals surface area (Å²) in [7, 11) is 2.93. The van der Waals surface area contributed by atoms with Crippen molar-refractivity contribution in [3.05, 3.63) is 47.6 Å². The molecule has 4 heterocycles. The van der Waals surface area contributed by atoms with Crippen LogP contribution in [0.2, 0.25) is 0 Å². The minimum atomic E-state index is -2.51. The Morgan fingerprint density at radius 1 is 0.849 bits per heavy atom. The summed E-state index contributed by atoms with van der Waals surface area (Å²) in [6.45, 7) is 13.0. The van der Waals surface area contributed by atoms with E-state index < -0.39 is 96.1 Å². The number of esters is 1. The number of allylic oxidation sites excluding steroid dienone is 6. The molecule has 4 unspecified atom stereocenters. The number of aliphatic hydroxyl groups excluding tert-OH is 3. The number of ketones is 3. The van der Waals surface area contributed by atoms with Crippen LogP contribution < -0.4 is 0 Å². The second kappa shape index (κ2) is 28.6. The molecule has 17 nitrogen and oxygen atoms in total. The fraction of sp³-hybridized carbons (Fsp3) is 0.768. The molecule has 0 aromatic rings. The molecule has 73 heavy (non-hydrogen) atoms. The Labute approximate surface area is 433 Å². The van der Waals surface area contributed by atoms with Gasteiger partial charge < -0.3 is 58.5 Å². The molecule has 412 valence electrons. The second-order valence-electron chi connectivity index (χ2n) is 21.8. The highest BCUT2D eigenvalue weighted by Gasteiger charge is 2.53. The number of cyclic esters (lactones) is 1. The topological polar surface area (TPSA) is 234 Å². The van der Waals surface area contributed by atoms with Crippen LogP contribution in [0, 0.1) is 35.5 Å². The van der Waals surface area contributed by atoms with Crippen molar-refractivity contribution in [3.8, 4) is 0 Å². The van der Waals surface area contributed by atoms with Crippen LogP contribution in [-0.4, -0.2) is 169 Å². The van der Waals surface area contributed by atoms with Gasteiger partial charge in [0, 0.05) is 51.4 Å². The van der Waals surface area contributed by atoms with Gasteiger partial charge in [0.15, 0.2) is 5.78 Å². The van der Waals surface area contributed by atoms with Gasteiger partial charge in [-0.1, -0.05) is 71.1 Å². The Morgan fingerprint density at radius 3 is 2.26 bits per heavy atom. The monoisotopic (exact) mass is 1030 g/mol. The van der Waals surface area contributed by atoms with Gasteiger partial charge in [0.2, 0.25) is 5.79 Å². The molecule has 3 saturated heterocycles. The van der Waals surface area contributed by atoms with Crippen LogP contribution in [0.25, 0.3) is 0 Å². The molecular weight excluding hydrogens is 943 g/mol. The summed E-state index contributed by atoms with van der Waals surface area (Å²) in [5.41, 5.74) is 1.18. The summed E-state index contributed by atoms with van der Waals surface area (Å²) in [6.07, 6.45) is 9.47. The Bertz CT molecular complexity index is 1960. The molecule has 0 spiro atoms. The number of methoxy groups -OCH3 is 2. The first-order valence-electron chi connectivity index (χ1n) is 26.8. The van der Waals surface area contributed by atoms with Crippen LogP contribution in [0.1, 0.15) is 126 Å². The average molecular weight is 1030 g/mol. The molecule has 5 rings (SSSR count). The van der Waals surface area contributed by atoms with Gasteiger partial charge in [-0.15, -0.1) is 0 Å². The van der Waals surface area contributed by atoms with Crippen molar-refractivity contribution in [2.45, 2.75) is 192 Å². The van der Waals surface area contributed by atoms with Crippen LogP contribution >= 0.6 is 0 Å². The molecule has 4 aliphatic heterocycles. The van der Waals surface area contributed by atoms with Gasteiger partial charge >= 0.3 is 5.97 Å². The summed E-state index contributed by atoms with van der Waals surface area (Å²) in [4.78, 5) is 72.6. The molecule has 17 atom stereocenters. The largest absolute Gasteiger partial charge is 0.460 e. The molecular formula is C56H87NO16. The lowest BCUT2D eigenvalue weighted by atomic mass is 9.78. The van der Waals surface area contributed by atoms with Crippen molar-refractivity contribution in [1.82, 2.24) is 4.90 Å². The highest BCUT2D eigenvalue weighted by molar-refractivity contribution is 6.39. The Balaban J connectivity index is 1.47. The first-order valence-corrected chi connectivity index (χ1v) is 26.8. The van der Waals surface area contributed by atoms with E-state index in [2.05, 4.69) is 0 Å². The number of carbonyl (C=O) groups excluding carboxylic acids is 5. The quantitative estimate of drug-likeness (QED) is 0.130. The molecule has 17 heteroatoms. The molecule has 1 saturated carbocycles. The van der Waals surface area contributed by atoms with Gasteiger partial charge in [0.25, 0.3) is 11.7 Å². The number of carbonyl (C=O) groups is 5. The van der Waals surface area contributed by atoms with E-state index >= 15 is 0 Å². The van der Waals surface area contributed by atoms with Crippen LogP contribution in [0.3, 0.4) is 0 Å². The zero-order valence-corrected chi connectivity index (χ0v) is 44.9. The fourth-order valence-electron chi connectivity index (χ4n) is 11.0. The van der Waals surface area contributed by atoms with Crippen molar-refractivity contribution < 1.29 is 77.6 Å². The first-order chi connectivity index (χ1) is 34.7. The lowest BCUT2D eigenvalue weighted by Gasteiger charge is -2.43. The maximum absolute atomic E-state index is 14.5. The minimum Gasteiger partial charge on any atom is -0.460 e. The molecule has 4 N–H and O–H groups in total. The van der Waals surface area contributed by atoms with Gasteiger partial charge in [0.05, 0.1) is 50.8 Å². The van der Waals surface area contributed by atoms with Crippen LogP contribution in [0.5, 0.6) is 0 Å². The SMILES string of the molecule is CO[C@@H]1C[C@H](C[C@@H](C)[C@@H]2CC(=O)[C@H](C)/C=C(\C)[C@@H](O)[C@@H](OC)C(=O)[C@H](C)C[C@H](C)/C=C/C=C/C=C(\C)C(OCC3COC(CO)CO3)C[C@@H]3CC[C@@H](C)[C@@](O)(O3)C(=O)C(=O)N3CCCCC3C(=O)O2)CC[C@H]1O. The first kappa shape index (κ1) is 60.4. The number of amides is 1. The second-order valence-corrected chi connectivity index (χ2v) is 21.8. The van der Waals surface area contributed by atoms with E-state index in [0.29, 0.717) is 63.4 Å². The third-order valence-electron chi connectivity index (χ3n) is 15.9. The zero-order chi connectivity index (χ0) is 53.6. The number of nitrogens with zero attached hydrogens (tertiary/aromatic N) is 1. The molecule has 5 aliphatic rings. The van der Waals surface area contributed by atoms with Crippen LogP contribution in [0.15, 0.2) is 47.6 Å². The average Bonchev–Trinajstić information content (AvgIpc) is 3.37. The number of hydrogen-bond acceptors (Lipinski definition) is 16. The molecule has 4 fully saturated rings. The van der Waals surface area contributed by atoms with Crippen LogP contribution in [-0.2, 0) is 57.1 Å². The van der Waals surface area contributed by atoms with E-state index in [1.165, 1.54) is 12.0 Å². The standard InChI is InChI=1S/C56H87NO16/c1-33-15-11-10-12-16-34(2)47(71-32-43-31-69-42(29-58)30-70-43)27-41-20-18-39(7)56(66,73-41)53(63)54(64)57-22-14-13-17-44(57)55(65)72-48(36(4)25-40-19-21-45(59)49(26-40)67-8)28-46(60)35(3)24-38(6)51(62)52(68-9)50(61)37(5)23-33/h10-12,15-16,24,33,35-37,39-45,47-49,51-52,58-59,62,66H,13-14,17-23,25-32H2,1-9H3/b12-10+,15-11+,34-16+,38-24+/t33-,35-,36-,37-,39-,40+,41+,42?,43?,44?,45-,47?,48+,49-,51-,52+,56-/m1/s1. The number of Topliss-reactive ketones (excluding diaryl/α,β-unsaturated/α-hetero) is 3. The van der Waals surface area contributed by atoms with Crippen molar-refractivity contribution >= 4 is 29.2 Å². The smallest absolute Gasteiger partial charge is 0.329 e. The van der Waals surface area contributed by atoms with Crippen molar-refractivity contribution in [2.75, 3.05) is 47.2 Å². The van der Waals surface area contributed by atoms with Crippen molar-refractivity contribution in [3.63, 3.8) is 0 Å². The number of ether oxygens (including phenoxy) is 7. The predicted molar refractivity (Wildman–Crippen MR) is 271 cm³/mol. The molecule has 0 aromatic heterocycles. The summed E-state index contributed by atoms with van der Waals surface area (Å²) in [5.74, 6) is -8.36. The number of fused-ring (bicyclic) bond motifs is 3. The third kappa shape index (κ3) is 16.5. The lowest BCUT2D eigenvalue weighted by Crippen LogP contribution is -2.61. The van der Waals surface area contributed by atoms with E-state index in [9.17, 15) is 44.4 Å². The fourth-order valence-corrected chi connectivity index (χ4v) is 11.0. The van der Waals surface area contributed by atoms with Gasteiger partial charge in [-0.2, -0.15) is 0 Å². The number of aliphatic hydroxyl groups is 4. The number of rotatable bonds is 9. The van der Waals surface area contributed by atoms with E-state index in [1.54, 1.807) is 40.9 Å². The maximum atomic E-state index is 14.5. The van der Waals surface area contributed by atoms with Gasteiger partial charge in [-0.05, 0) is 107 Å². The van der Waals surface area contributed by atoms with Gasteiger partial charge in [-0.3, -0.25) is 19.2 Å². The zero-order valence-electron chi connectivity index (χ0n) is 44.9. The number of hydrogen-bond donors (Lipinski definition) is 4. The molecule has 0 aromatic carbocycles. The molecule has 1 aliphatic carbocycles. The van der Waals surface area contributed by atoms with Gasteiger partial charge in [-0.25, -0.2) is 4.79 Å². The maximum Gasteiger partial charge on any atom is 0.329 e. The summed E-state index contributed by atoms with van der Waals surface area (Å²) >= 11 is 0. The molecule has 0 radical (unpaired) electrons. The summed E-state index contributed by atoms with van der Waals surface area (Å²) < 4.78 is 41.8. The Morgan fingerprint density at radius 2 is 1.58 bits per heavy atom. The van der Waals surface area contributed by atoms with Crippen molar-refractivity contribution in [2.24, 2.45) is 35.5 Å². The highest BCUT2D eigenvalue weighted by atomic mass is 16.6. The van der Waals surface area contributed by atoms with Crippen LogP contribution in [0.4, 0.5) is 0 Å². The Hall–Kier alpha value is -3.49. The summed E-state index contributed by atoms with van der Waals surface area (Å²) in [5, 5.41) is 43.7. The summed E-state index contributed by atoms with van der Waals surface area (Å²) in [6, 6.07) is -1.18.